The first-order valence-corrected chi connectivity index (χ1v) is 3.16. The van der Waals surface area contributed by atoms with Crippen molar-refractivity contribution >= 4 is 25.5 Å². The number of nitrogens with one attached hydrogen (secondary N) is 1. The summed E-state index contributed by atoms with van der Waals surface area (Å²) in [5.74, 6) is -0.528. The Morgan fingerprint density at radius 3 is 3.17 bits per heavy atom. The fourth-order valence-electron chi connectivity index (χ4n) is 0.863. The average molecular weight is 166 g/mol. The summed E-state index contributed by atoms with van der Waals surface area (Å²) in [5, 5.41) is 1.98. The van der Waals surface area contributed by atoms with Crippen LogP contribution in [0.25, 0.3) is 0 Å². The van der Waals surface area contributed by atoms with Crippen LogP contribution in [-0.2, 0) is 14.1 Å². The number of rotatable bonds is 0. The number of amides is 3. The molecular weight excluding hydrogens is 163 g/mol. The Morgan fingerprint density at radius 1 is 1.50 bits per heavy atom. The van der Waals surface area contributed by atoms with E-state index in [1.165, 1.54) is 6.26 Å². The highest BCUT2D eigenvalue weighted by atomic mass is 16.6. The zero-order valence-electron chi connectivity index (χ0n) is 5.86. The first-order chi connectivity index (χ1) is 5.77. The van der Waals surface area contributed by atoms with Crippen LogP contribution in [0.5, 0.6) is 0 Å². The molecule has 0 saturated carbocycles. The fourth-order valence-corrected chi connectivity index (χ4v) is 0.863. The lowest BCUT2D eigenvalue weighted by molar-refractivity contribution is -0.116. The van der Waals surface area contributed by atoms with Gasteiger partial charge in [0.25, 0.3) is 5.91 Å². The van der Waals surface area contributed by atoms with Crippen molar-refractivity contribution in [3.05, 3.63) is 11.8 Å². The van der Waals surface area contributed by atoms with E-state index in [4.69, 9.17) is 9.31 Å². The van der Waals surface area contributed by atoms with Gasteiger partial charge >= 0.3 is 13.7 Å². The molecule has 6 nitrogen and oxygen atoms in total. The normalized spacial score (nSPS) is 20.3. The molecule has 0 saturated heterocycles. The second-order valence-electron chi connectivity index (χ2n) is 2.14. The molecule has 2 aliphatic rings. The number of urea groups is 1. The van der Waals surface area contributed by atoms with Crippen molar-refractivity contribution in [2.75, 3.05) is 0 Å². The third-order valence-corrected chi connectivity index (χ3v) is 1.36. The maximum atomic E-state index is 11.0. The summed E-state index contributed by atoms with van der Waals surface area (Å²) in [4.78, 5) is 25.1. The molecule has 0 atom stereocenters. The first-order valence-electron chi connectivity index (χ1n) is 3.16. The zero-order valence-corrected chi connectivity index (χ0v) is 5.86. The third-order valence-electron chi connectivity index (χ3n) is 1.36. The highest BCUT2D eigenvalue weighted by Gasteiger charge is 2.28. The molecular formula is C5H3BN2O4. The van der Waals surface area contributed by atoms with Crippen LogP contribution in [0.4, 0.5) is 4.79 Å². The van der Waals surface area contributed by atoms with Crippen molar-refractivity contribution in [3.63, 3.8) is 0 Å². The molecule has 1 N–H and O–H groups in total. The van der Waals surface area contributed by atoms with Gasteiger partial charge in [0, 0.05) is 0 Å². The van der Waals surface area contributed by atoms with Gasteiger partial charge in [0.1, 0.15) is 5.57 Å². The molecule has 0 spiro atoms. The summed E-state index contributed by atoms with van der Waals surface area (Å²) >= 11 is 0. The Balaban J connectivity index is 2.43. The van der Waals surface area contributed by atoms with E-state index in [0.29, 0.717) is 0 Å². The van der Waals surface area contributed by atoms with Gasteiger partial charge in [-0.05, 0) is 0 Å². The highest BCUT2D eigenvalue weighted by molar-refractivity contribution is 6.35. The van der Waals surface area contributed by atoms with Crippen molar-refractivity contribution in [1.82, 2.24) is 5.32 Å². The van der Waals surface area contributed by atoms with Crippen molar-refractivity contribution in [1.29, 1.82) is 0 Å². The van der Waals surface area contributed by atoms with Gasteiger partial charge in [-0.25, -0.2) is 4.79 Å². The van der Waals surface area contributed by atoms with Crippen LogP contribution < -0.4 is 5.32 Å². The Hall–Kier alpha value is -1.79. The number of hydrogen-bond donors (Lipinski definition) is 1. The largest absolute Gasteiger partial charge is 0.577 e. The summed E-state index contributed by atoms with van der Waals surface area (Å²) in [5.41, 5.74) is 0.140. The second-order valence-corrected chi connectivity index (χ2v) is 2.14. The summed E-state index contributed by atoms with van der Waals surface area (Å²) in [6, 6.07) is -0.714. The zero-order chi connectivity index (χ0) is 8.55. The van der Waals surface area contributed by atoms with Crippen LogP contribution >= 0.6 is 0 Å². The SMILES string of the molecule is O=C1N=C2OBOC=C2C(=O)N1. The molecule has 7 heteroatoms. The van der Waals surface area contributed by atoms with E-state index in [-0.39, 0.29) is 19.2 Å². The van der Waals surface area contributed by atoms with Gasteiger partial charge in [-0.1, -0.05) is 0 Å². The summed E-state index contributed by atoms with van der Waals surface area (Å²) in [6.07, 6.45) is 1.21. The average Bonchev–Trinajstić information content (AvgIpc) is 2.04. The van der Waals surface area contributed by atoms with Crippen LogP contribution in [0.3, 0.4) is 0 Å². The topological polar surface area (TPSA) is 77.0 Å². The Labute approximate surface area is 67.6 Å². The van der Waals surface area contributed by atoms with E-state index >= 15 is 0 Å². The van der Waals surface area contributed by atoms with E-state index in [2.05, 4.69) is 4.99 Å². The van der Waals surface area contributed by atoms with Gasteiger partial charge in [0.05, 0.1) is 6.26 Å². The van der Waals surface area contributed by atoms with Crippen LogP contribution in [0.1, 0.15) is 0 Å². The molecule has 0 aromatic carbocycles. The molecule has 0 aromatic rings. The number of imide groups is 1. The maximum Gasteiger partial charge on any atom is 0.577 e. The van der Waals surface area contributed by atoms with Crippen LogP contribution in [0.2, 0.25) is 0 Å². The molecule has 0 radical (unpaired) electrons. The number of fused-ring (bicyclic) bond motifs is 1. The minimum absolute atomic E-state index is 0.0231. The smallest absolute Gasteiger partial charge is 0.534 e. The molecule has 0 aliphatic carbocycles. The van der Waals surface area contributed by atoms with Crippen LogP contribution in [0.15, 0.2) is 16.8 Å². The minimum atomic E-state index is -0.714. The van der Waals surface area contributed by atoms with E-state index in [9.17, 15) is 9.59 Å². The molecule has 12 heavy (non-hydrogen) atoms. The number of carbonyl (C=O) groups excluding carboxylic acids is 2. The lowest BCUT2D eigenvalue weighted by Crippen LogP contribution is -2.40. The van der Waals surface area contributed by atoms with Gasteiger partial charge in [0.15, 0.2) is 0 Å². The monoisotopic (exact) mass is 166 g/mol. The van der Waals surface area contributed by atoms with Crippen LogP contribution in [-0.4, -0.2) is 25.5 Å². The Bertz CT molecular complexity index is 321. The van der Waals surface area contributed by atoms with Gasteiger partial charge in [-0.3, -0.25) is 10.1 Å². The Morgan fingerprint density at radius 2 is 2.33 bits per heavy atom. The lowest BCUT2D eigenvalue weighted by atomic mass is 10.2. The van der Waals surface area contributed by atoms with E-state index in [1.54, 1.807) is 0 Å². The highest BCUT2D eigenvalue weighted by Crippen LogP contribution is 2.09. The van der Waals surface area contributed by atoms with Crippen molar-refractivity contribution in [3.8, 4) is 0 Å². The van der Waals surface area contributed by atoms with Gasteiger partial charge < -0.3 is 9.31 Å². The molecule has 2 aliphatic heterocycles. The first kappa shape index (κ1) is 6.90. The van der Waals surface area contributed by atoms with Crippen LogP contribution in [0, 0.1) is 0 Å². The predicted octanol–water partition coefficient (Wildman–Crippen LogP) is -1.17. The summed E-state index contributed by atoms with van der Waals surface area (Å²) in [6.45, 7) is 0. The number of hydrogen-bond acceptors (Lipinski definition) is 4. The fraction of sp³-hybridized carbons (Fsp3) is 0. The molecule has 2 rings (SSSR count). The molecule has 0 aromatic heterocycles. The molecule has 60 valence electrons. The third kappa shape index (κ3) is 0.950. The van der Waals surface area contributed by atoms with E-state index in [0.717, 1.165) is 0 Å². The number of carbonyl (C=O) groups is 2. The molecule has 0 fully saturated rings. The van der Waals surface area contributed by atoms with E-state index in [1.807, 2.05) is 5.32 Å². The molecule has 0 unspecified atom stereocenters. The van der Waals surface area contributed by atoms with Crippen molar-refractivity contribution < 1.29 is 18.9 Å². The predicted molar refractivity (Wildman–Crippen MR) is 38.4 cm³/mol. The van der Waals surface area contributed by atoms with Gasteiger partial charge in [0.2, 0.25) is 5.90 Å². The quantitative estimate of drug-likeness (QED) is 0.460. The lowest BCUT2D eigenvalue weighted by Gasteiger charge is -2.18. The summed E-state index contributed by atoms with van der Waals surface area (Å²) < 4.78 is 9.51. The second kappa shape index (κ2) is 2.37. The number of aliphatic imine (C=N–C) groups is 1. The van der Waals surface area contributed by atoms with Crippen molar-refractivity contribution in [2.24, 2.45) is 4.99 Å². The molecule has 3 amide bonds. The van der Waals surface area contributed by atoms with E-state index < -0.39 is 11.9 Å². The number of nitrogens with zero attached hydrogens (tertiary/aromatic N) is 1. The summed E-state index contributed by atoms with van der Waals surface area (Å²) in [7, 11) is -0.0249. The van der Waals surface area contributed by atoms with Gasteiger partial charge in [-0.15, -0.1) is 0 Å². The standard InChI is InChI=1S/C5H3BN2O4/c9-3-2-1-11-6-12-4(2)8-5(10)7-3/h1,6H,(H,7,9,10). The molecule has 0 bridgehead atoms. The molecule has 2 heterocycles. The minimum Gasteiger partial charge on any atom is -0.534 e. The maximum absolute atomic E-state index is 11.0. The Kier molecular flexibility index (Phi) is 1.36. The van der Waals surface area contributed by atoms with Crippen molar-refractivity contribution in [2.45, 2.75) is 0 Å². The van der Waals surface area contributed by atoms with Gasteiger partial charge in [-0.2, -0.15) is 4.99 Å².